The summed E-state index contributed by atoms with van der Waals surface area (Å²) in [5.74, 6) is -1.04. The van der Waals surface area contributed by atoms with E-state index in [2.05, 4.69) is 5.10 Å². The van der Waals surface area contributed by atoms with E-state index in [0.717, 1.165) is 12.5 Å². The monoisotopic (exact) mass is 347 g/mol. The van der Waals surface area contributed by atoms with Crippen LogP contribution in [-0.4, -0.2) is 33.7 Å². The van der Waals surface area contributed by atoms with Gasteiger partial charge in [0.25, 0.3) is 5.56 Å². The van der Waals surface area contributed by atoms with Gasteiger partial charge in [-0.15, -0.1) is 0 Å². The Morgan fingerprint density at radius 1 is 1.24 bits per heavy atom. The molecular formula is C18H19F2N3O2. The molecule has 1 atom stereocenters. The van der Waals surface area contributed by atoms with Crippen LogP contribution in [0.3, 0.4) is 0 Å². The van der Waals surface area contributed by atoms with Crippen LogP contribution in [0.4, 0.5) is 8.78 Å². The fourth-order valence-corrected chi connectivity index (χ4v) is 3.20. The molecule has 1 aromatic carbocycles. The minimum Gasteiger partial charge on any atom is -0.342 e. The van der Waals surface area contributed by atoms with Gasteiger partial charge in [0.1, 0.15) is 11.6 Å². The number of halogens is 2. The van der Waals surface area contributed by atoms with Gasteiger partial charge in [-0.05, 0) is 42.5 Å². The van der Waals surface area contributed by atoms with E-state index in [0.29, 0.717) is 30.8 Å². The highest BCUT2D eigenvalue weighted by Gasteiger charge is 2.26. The summed E-state index contributed by atoms with van der Waals surface area (Å²) in [6.45, 7) is 1.18. The third-order valence-electron chi connectivity index (χ3n) is 4.43. The normalized spacial score (nSPS) is 17.1. The number of rotatable bonds is 4. The number of aromatic nitrogens is 2. The average Bonchev–Trinajstić information content (AvgIpc) is 2.98. The first-order chi connectivity index (χ1) is 11.9. The molecule has 1 unspecified atom stereocenters. The summed E-state index contributed by atoms with van der Waals surface area (Å²) >= 11 is 0. The quantitative estimate of drug-likeness (QED) is 0.846. The number of amides is 1. The van der Waals surface area contributed by atoms with Gasteiger partial charge in [0.15, 0.2) is 0 Å². The largest absolute Gasteiger partial charge is 0.342 e. The van der Waals surface area contributed by atoms with Crippen molar-refractivity contribution in [2.24, 2.45) is 13.0 Å². The zero-order valence-corrected chi connectivity index (χ0v) is 13.9. The Morgan fingerprint density at radius 3 is 2.64 bits per heavy atom. The third-order valence-corrected chi connectivity index (χ3v) is 4.43. The summed E-state index contributed by atoms with van der Waals surface area (Å²) < 4.78 is 27.8. The highest BCUT2D eigenvalue weighted by Crippen LogP contribution is 2.22. The molecule has 0 radical (unpaired) electrons. The summed E-state index contributed by atoms with van der Waals surface area (Å²) in [5, 5.41) is 4.06. The van der Waals surface area contributed by atoms with Gasteiger partial charge in [-0.2, -0.15) is 5.10 Å². The Balaban J connectivity index is 1.59. The van der Waals surface area contributed by atoms with Gasteiger partial charge >= 0.3 is 0 Å². The lowest BCUT2D eigenvalue weighted by Crippen LogP contribution is -2.31. The standard InChI is InChI=1S/C18H19F2N3O2/c1-22-17(24)3-2-16(21-22)10-18(25)23-5-4-12(11-23)6-13-7-14(19)9-15(20)8-13/h2-3,7-9,12H,4-6,10-11H2,1H3. The lowest BCUT2D eigenvalue weighted by molar-refractivity contribution is -0.129. The zero-order valence-electron chi connectivity index (χ0n) is 13.9. The van der Waals surface area contributed by atoms with Gasteiger partial charge in [0.05, 0.1) is 12.1 Å². The molecular weight excluding hydrogens is 328 g/mol. The second kappa shape index (κ2) is 7.13. The van der Waals surface area contributed by atoms with Gasteiger partial charge < -0.3 is 4.90 Å². The molecule has 5 nitrogen and oxygen atoms in total. The minimum absolute atomic E-state index is 0.0564. The average molecular weight is 347 g/mol. The van der Waals surface area contributed by atoms with Gasteiger partial charge in [0, 0.05) is 32.3 Å². The molecule has 1 aromatic heterocycles. The molecule has 2 heterocycles. The molecule has 0 spiro atoms. The predicted octanol–water partition coefficient (Wildman–Crippen LogP) is 1.69. The smallest absolute Gasteiger partial charge is 0.266 e. The van der Waals surface area contributed by atoms with Crippen LogP contribution < -0.4 is 5.56 Å². The van der Waals surface area contributed by atoms with Crippen LogP contribution in [0, 0.1) is 17.6 Å². The molecule has 1 saturated heterocycles. The number of hydrogen-bond acceptors (Lipinski definition) is 3. The zero-order chi connectivity index (χ0) is 18.0. The SMILES string of the molecule is Cn1nc(CC(=O)N2CCC(Cc3cc(F)cc(F)c3)C2)ccc1=O. The molecule has 1 aliphatic heterocycles. The fourth-order valence-electron chi connectivity index (χ4n) is 3.20. The molecule has 0 aliphatic carbocycles. The molecule has 132 valence electrons. The number of hydrogen-bond donors (Lipinski definition) is 0. The molecule has 1 amide bonds. The second-order valence-corrected chi connectivity index (χ2v) is 6.44. The first-order valence-corrected chi connectivity index (χ1v) is 8.16. The molecule has 7 heteroatoms. The Kier molecular flexibility index (Phi) is 4.92. The van der Waals surface area contributed by atoms with E-state index in [-0.39, 0.29) is 23.8 Å². The van der Waals surface area contributed by atoms with Gasteiger partial charge in [0.2, 0.25) is 5.91 Å². The highest BCUT2D eigenvalue weighted by molar-refractivity contribution is 5.78. The lowest BCUT2D eigenvalue weighted by Gasteiger charge is -2.16. The van der Waals surface area contributed by atoms with Gasteiger partial charge in [-0.25, -0.2) is 13.5 Å². The first kappa shape index (κ1) is 17.3. The van der Waals surface area contributed by atoms with Crippen molar-refractivity contribution in [3.63, 3.8) is 0 Å². The van der Waals surface area contributed by atoms with Crippen LogP contribution in [0.2, 0.25) is 0 Å². The maximum absolute atomic E-state index is 13.3. The second-order valence-electron chi connectivity index (χ2n) is 6.44. The van der Waals surface area contributed by atoms with Gasteiger partial charge in [-0.1, -0.05) is 0 Å². The summed E-state index contributed by atoms with van der Waals surface area (Å²) in [5.41, 5.74) is 0.930. The molecule has 1 fully saturated rings. The maximum Gasteiger partial charge on any atom is 0.266 e. The number of benzene rings is 1. The third kappa shape index (κ3) is 4.29. The molecule has 25 heavy (non-hydrogen) atoms. The van der Waals surface area contributed by atoms with Crippen molar-refractivity contribution >= 4 is 5.91 Å². The van der Waals surface area contributed by atoms with E-state index in [1.165, 1.54) is 22.9 Å². The fraction of sp³-hybridized carbons (Fsp3) is 0.389. The van der Waals surface area contributed by atoms with Crippen molar-refractivity contribution in [2.75, 3.05) is 13.1 Å². The van der Waals surface area contributed by atoms with Crippen molar-refractivity contribution in [1.82, 2.24) is 14.7 Å². The van der Waals surface area contributed by atoms with E-state index in [1.807, 2.05) is 0 Å². The molecule has 3 rings (SSSR count). The van der Waals surface area contributed by atoms with E-state index in [9.17, 15) is 18.4 Å². The number of likely N-dealkylation sites (tertiary alicyclic amines) is 1. The molecule has 0 N–H and O–H groups in total. The Bertz CT molecular complexity index is 830. The van der Waals surface area contributed by atoms with E-state index < -0.39 is 11.6 Å². The minimum atomic E-state index is -0.582. The predicted molar refractivity (Wildman–Crippen MR) is 87.9 cm³/mol. The van der Waals surface area contributed by atoms with Crippen LogP contribution >= 0.6 is 0 Å². The number of carbonyl (C=O) groups excluding carboxylic acids is 1. The molecule has 0 saturated carbocycles. The molecule has 1 aliphatic rings. The van der Waals surface area contributed by atoms with Crippen LogP contribution in [0.1, 0.15) is 17.7 Å². The van der Waals surface area contributed by atoms with Crippen molar-refractivity contribution in [1.29, 1.82) is 0 Å². The maximum atomic E-state index is 13.3. The number of carbonyl (C=O) groups is 1. The van der Waals surface area contributed by atoms with Crippen molar-refractivity contribution in [3.8, 4) is 0 Å². The van der Waals surface area contributed by atoms with Crippen molar-refractivity contribution in [3.05, 3.63) is 63.6 Å². The molecule has 2 aromatic rings. The van der Waals surface area contributed by atoms with Crippen LogP contribution in [0.25, 0.3) is 0 Å². The Morgan fingerprint density at radius 2 is 1.96 bits per heavy atom. The summed E-state index contributed by atoms with van der Waals surface area (Å²) in [4.78, 5) is 25.5. The van der Waals surface area contributed by atoms with E-state index >= 15 is 0 Å². The van der Waals surface area contributed by atoms with Crippen molar-refractivity contribution < 1.29 is 13.6 Å². The number of aryl methyl sites for hydroxylation is 1. The van der Waals surface area contributed by atoms with E-state index in [4.69, 9.17) is 0 Å². The summed E-state index contributed by atoms with van der Waals surface area (Å²) in [7, 11) is 1.54. The Hall–Kier alpha value is -2.57. The van der Waals surface area contributed by atoms with Crippen LogP contribution in [0.5, 0.6) is 0 Å². The van der Waals surface area contributed by atoms with Crippen LogP contribution in [0.15, 0.2) is 35.1 Å². The van der Waals surface area contributed by atoms with Crippen molar-refractivity contribution in [2.45, 2.75) is 19.3 Å². The van der Waals surface area contributed by atoms with Crippen LogP contribution in [-0.2, 0) is 24.7 Å². The summed E-state index contributed by atoms with van der Waals surface area (Å²) in [6, 6.07) is 6.47. The summed E-state index contributed by atoms with van der Waals surface area (Å²) in [6.07, 6.45) is 1.47. The lowest BCUT2D eigenvalue weighted by atomic mass is 9.98. The number of nitrogens with zero attached hydrogens (tertiary/aromatic N) is 3. The highest BCUT2D eigenvalue weighted by atomic mass is 19.1. The molecule has 0 bridgehead atoms. The van der Waals surface area contributed by atoms with Gasteiger partial charge in [-0.3, -0.25) is 9.59 Å². The Labute approximate surface area is 143 Å². The first-order valence-electron chi connectivity index (χ1n) is 8.16. The van der Waals surface area contributed by atoms with E-state index in [1.54, 1.807) is 18.0 Å². The topological polar surface area (TPSA) is 55.2 Å².